The number of aromatic nitrogens is 1. The van der Waals surface area contributed by atoms with E-state index in [1.807, 2.05) is 0 Å². The van der Waals surface area contributed by atoms with E-state index in [4.69, 9.17) is 4.42 Å². The number of anilines is 1. The van der Waals surface area contributed by atoms with Crippen LogP contribution in [0.2, 0.25) is 0 Å². The van der Waals surface area contributed by atoms with Gasteiger partial charge in [0.2, 0.25) is 0 Å². The molecule has 104 valence electrons. The molecule has 0 aliphatic carbocycles. The van der Waals surface area contributed by atoms with Gasteiger partial charge in [-0.15, -0.1) is 0 Å². The Bertz CT molecular complexity index is 336. The molecule has 0 saturated carbocycles. The van der Waals surface area contributed by atoms with Gasteiger partial charge in [0.1, 0.15) is 6.26 Å². The van der Waals surface area contributed by atoms with Crippen LogP contribution < -0.4 is 10.2 Å². The van der Waals surface area contributed by atoms with Gasteiger partial charge in [0.15, 0.2) is 0 Å². The molecule has 0 bridgehead atoms. The first kappa shape index (κ1) is 15.0. The first-order chi connectivity index (χ1) is 8.56. The Morgan fingerprint density at radius 1 is 1.33 bits per heavy atom. The summed E-state index contributed by atoms with van der Waals surface area (Å²) in [6.07, 6.45) is 2.93. The van der Waals surface area contributed by atoms with E-state index in [1.54, 1.807) is 6.26 Å². The fourth-order valence-corrected chi connectivity index (χ4v) is 1.68. The van der Waals surface area contributed by atoms with E-state index in [0.717, 1.165) is 31.3 Å². The molecule has 0 radical (unpaired) electrons. The summed E-state index contributed by atoms with van der Waals surface area (Å²) in [6.45, 7) is 13.6. The number of hydrogen-bond acceptors (Lipinski definition) is 4. The maximum atomic E-state index is 5.57. The van der Waals surface area contributed by atoms with Crippen LogP contribution in [-0.2, 0) is 6.54 Å². The molecule has 0 saturated heterocycles. The lowest BCUT2D eigenvalue weighted by Crippen LogP contribution is -2.28. The first-order valence-electron chi connectivity index (χ1n) is 6.99. The van der Waals surface area contributed by atoms with Gasteiger partial charge < -0.3 is 14.6 Å². The molecule has 1 atom stereocenters. The van der Waals surface area contributed by atoms with Crippen molar-refractivity contribution in [2.75, 3.05) is 18.0 Å². The zero-order valence-electron chi connectivity index (χ0n) is 12.4. The molecule has 0 fully saturated rings. The van der Waals surface area contributed by atoms with Crippen molar-refractivity contribution in [2.24, 2.45) is 5.92 Å². The molecular weight excluding hydrogens is 226 g/mol. The number of nitrogens with zero attached hydrogens (tertiary/aromatic N) is 2. The van der Waals surface area contributed by atoms with Crippen molar-refractivity contribution in [3.8, 4) is 0 Å². The minimum atomic E-state index is 0.465. The van der Waals surface area contributed by atoms with Crippen molar-refractivity contribution in [3.63, 3.8) is 0 Å². The maximum absolute atomic E-state index is 5.57. The average molecular weight is 253 g/mol. The van der Waals surface area contributed by atoms with Gasteiger partial charge in [-0.25, -0.2) is 0 Å². The van der Waals surface area contributed by atoms with Crippen LogP contribution in [0.25, 0.3) is 0 Å². The van der Waals surface area contributed by atoms with Gasteiger partial charge in [0.05, 0.1) is 5.69 Å². The Kier molecular flexibility index (Phi) is 6.19. The molecule has 0 amide bonds. The minimum absolute atomic E-state index is 0.465. The van der Waals surface area contributed by atoms with Crippen molar-refractivity contribution in [2.45, 2.75) is 53.6 Å². The smallest absolute Gasteiger partial charge is 0.297 e. The molecule has 1 unspecified atom stereocenters. The molecule has 0 aliphatic heterocycles. The molecule has 0 aliphatic rings. The Balaban J connectivity index is 2.58. The van der Waals surface area contributed by atoms with Gasteiger partial charge in [0, 0.05) is 25.7 Å². The van der Waals surface area contributed by atoms with Crippen LogP contribution in [0.5, 0.6) is 0 Å². The third-order valence-corrected chi connectivity index (χ3v) is 3.11. The Morgan fingerprint density at radius 3 is 2.61 bits per heavy atom. The highest BCUT2D eigenvalue weighted by atomic mass is 16.4. The Labute approximate surface area is 111 Å². The van der Waals surface area contributed by atoms with Gasteiger partial charge in [0.25, 0.3) is 6.01 Å². The maximum Gasteiger partial charge on any atom is 0.297 e. The van der Waals surface area contributed by atoms with Gasteiger partial charge in [-0.2, -0.15) is 4.98 Å². The molecule has 4 nitrogen and oxygen atoms in total. The standard InChI is InChI=1S/C14H27N3O/c1-6-12(5)9-17(7-2)14-16-13(10-18-14)8-15-11(3)4/h10-12,15H,6-9H2,1-5H3. The van der Waals surface area contributed by atoms with E-state index in [1.165, 1.54) is 6.42 Å². The van der Waals surface area contributed by atoms with E-state index >= 15 is 0 Å². The second-order valence-corrected chi connectivity index (χ2v) is 5.21. The zero-order valence-corrected chi connectivity index (χ0v) is 12.4. The number of rotatable bonds is 8. The van der Waals surface area contributed by atoms with Crippen LogP contribution in [0, 0.1) is 5.92 Å². The highest BCUT2D eigenvalue weighted by Gasteiger charge is 2.13. The molecule has 1 rings (SSSR count). The first-order valence-corrected chi connectivity index (χ1v) is 6.99. The number of hydrogen-bond donors (Lipinski definition) is 1. The molecule has 1 aromatic rings. The normalized spacial score (nSPS) is 13.0. The zero-order chi connectivity index (χ0) is 13.5. The summed E-state index contributed by atoms with van der Waals surface area (Å²) in [7, 11) is 0. The van der Waals surface area contributed by atoms with Crippen LogP contribution in [0.4, 0.5) is 6.01 Å². The summed E-state index contributed by atoms with van der Waals surface area (Å²) in [5.41, 5.74) is 0.973. The van der Waals surface area contributed by atoms with E-state index in [9.17, 15) is 0 Å². The summed E-state index contributed by atoms with van der Waals surface area (Å²) < 4.78 is 5.57. The van der Waals surface area contributed by atoms with E-state index in [2.05, 4.69) is 49.8 Å². The fourth-order valence-electron chi connectivity index (χ4n) is 1.68. The van der Waals surface area contributed by atoms with Gasteiger partial charge in [-0.05, 0) is 12.8 Å². The fraction of sp³-hybridized carbons (Fsp3) is 0.786. The monoisotopic (exact) mass is 253 g/mol. The third-order valence-electron chi connectivity index (χ3n) is 3.11. The van der Waals surface area contributed by atoms with Crippen LogP contribution in [0.3, 0.4) is 0 Å². The van der Waals surface area contributed by atoms with Crippen molar-refractivity contribution in [1.82, 2.24) is 10.3 Å². The van der Waals surface area contributed by atoms with Crippen LogP contribution in [0.1, 0.15) is 46.7 Å². The SMILES string of the molecule is CCC(C)CN(CC)c1nc(CNC(C)C)co1. The minimum Gasteiger partial charge on any atom is -0.432 e. The lowest BCUT2D eigenvalue weighted by atomic mass is 10.1. The van der Waals surface area contributed by atoms with Gasteiger partial charge in [-0.3, -0.25) is 0 Å². The van der Waals surface area contributed by atoms with Crippen molar-refractivity contribution in [1.29, 1.82) is 0 Å². The highest BCUT2D eigenvalue weighted by Crippen LogP contribution is 2.16. The molecule has 18 heavy (non-hydrogen) atoms. The molecule has 1 heterocycles. The highest BCUT2D eigenvalue weighted by molar-refractivity contribution is 5.26. The third kappa shape index (κ3) is 4.69. The summed E-state index contributed by atoms with van der Waals surface area (Å²) in [5.74, 6) is 0.661. The Hall–Kier alpha value is -1.03. The molecule has 1 N–H and O–H groups in total. The van der Waals surface area contributed by atoms with Crippen molar-refractivity contribution < 1.29 is 4.42 Å². The second kappa shape index (κ2) is 7.41. The topological polar surface area (TPSA) is 41.3 Å². The molecule has 0 aromatic carbocycles. The summed E-state index contributed by atoms with van der Waals surface area (Å²) in [5, 5.41) is 3.34. The van der Waals surface area contributed by atoms with Crippen LogP contribution in [0.15, 0.2) is 10.7 Å². The van der Waals surface area contributed by atoms with E-state index in [-0.39, 0.29) is 0 Å². The molecule has 4 heteroatoms. The quantitative estimate of drug-likeness (QED) is 0.773. The largest absolute Gasteiger partial charge is 0.432 e. The predicted octanol–water partition coefficient (Wildman–Crippen LogP) is 3.05. The summed E-state index contributed by atoms with van der Waals surface area (Å²) >= 11 is 0. The lowest BCUT2D eigenvalue weighted by Gasteiger charge is -2.21. The second-order valence-electron chi connectivity index (χ2n) is 5.21. The lowest BCUT2D eigenvalue weighted by molar-refractivity contribution is 0.489. The van der Waals surface area contributed by atoms with Crippen LogP contribution >= 0.6 is 0 Å². The predicted molar refractivity (Wildman–Crippen MR) is 75.8 cm³/mol. The van der Waals surface area contributed by atoms with E-state index in [0.29, 0.717) is 12.0 Å². The number of oxazole rings is 1. The molecular formula is C14H27N3O. The average Bonchev–Trinajstić information content (AvgIpc) is 2.81. The number of nitrogens with one attached hydrogen (secondary N) is 1. The van der Waals surface area contributed by atoms with Crippen molar-refractivity contribution in [3.05, 3.63) is 12.0 Å². The Morgan fingerprint density at radius 2 is 2.06 bits per heavy atom. The summed E-state index contributed by atoms with van der Waals surface area (Å²) in [6, 6.07) is 1.21. The van der Waals surface area contributed by atoms with E-state index < -0.39 is 0 Å². The molecule has 0 spiro atoms. The molecule has 1 aromatic heterocycles. The van der Waals surface area contributed by atoms with Crippen LogP contribution in [-0.4, -0.2) is 24.1 Å². The van der Waals surface area contributed by atoms with Gasteiger partial charge in [-0.1, -0.05) is 34.1 Å². The summed E-state index contributed by atoms with van der Waals surface area (Å²) in [4.78, 5) is 6.74. The van der Waals surface area contributed by atoms with Crippen molar-refractivity contribution >= 4 is 6.01 Å². The van der Waals surface area contributed by atoms with Gasteiger partial charge >= 0.3 is 0 Å².